The summed E-state index contributed by atoms with van der Waals surface area (Å²) in [5.74, 6) is 2.53. The van der Waals surface area contributed by atoms with Gasteiger partial charge in [-0.3, -0.25) is 14.5 Å². The highest BCUT2D eigenvalue weighted by Gasteiger charge is 2.49. The minimum absolute atomic E-state index is 0.163. The van der Waals surface area contributed by atoms with E-state index in [-0.39, 0.29) is 10.8 Å². The average Bonchev–Trinajstić information content (AvgIpc) is 3.35. The third-order valence-corrected chi connectivity index (χ3v) is 8.11. The molecular weight excluding hydrogens is 372 g/mol. The van der Waals surface area contributed by atoms with Crippen molar-refractivity contribution in [1.82, 2.24) is 4.90 Å². The van der Waals surface area contributed by atoms with Crippen molar-refractivity contribution in [2.45, 2.75) is 56.2 Å². The number of methoxy groups -OCH3 is 1. The second-order valence-corrected chi connectivity index (χ2v) is 9.57. The van der Waals surface area contributed by atoms with Gasteiger partial charge < -0.3 is 9.64 Å². The Morgan fingerprint density at radius 2 is 1.86 bits per heavy atom. The van der Waals surface area contributed by atoms with Gasteiger partial charge in [0.05, 0.1) is 17.7 Å². The van der Waals surface area contributed by atoms with Gasteiger partial charge in [-0.05, 0) is 49.4 Å². The van der Waals surface area contributed by atoms with Crippen LogP contribution >= 0.6 is 11.8 Å². The molecule has 0 radical (unpaired) electrons. The van der Waals surface area contributed by atoms with Gasteiger partial charge in [-0.25, -0.2) is 0 Å². The number of hydrogen-bond acceptors (Lipinski definition) is 4. The Morgan fingerprint density at radius 3 is 2.50 bits per heavy atom. The van der Waals surface area contributed by atoms with Crippen LogP contribution in [0.5, 0.6) is 5.75 Å². The zero-order chi connectivity index (χ0) is 19.6. The number of amides is 2. The topological polar surface area (TPSA) is 49.9 Å². The molecule has 0 atom stereocenters. The van der Waals surface area contributed by atoms with Crippen LogP contribution in [0, 0.1) is 5.92 Å². The molecule has 2 aliphatic heterocycles. The number of benzene rings is 1. The zero-order valence-corrected chi connectivity index (χ0v) is 17.5. The lowest BCUT2D eigenvalue weighted by molar-refractivity contribution is -0.132. The maximum Gasteiger partial charge on any atom is 0.238 e. The van der Waals surface area contributed by atoms with Gasteiger partial charge in [0.2, 0.25) is 11.8 Å². The fourth-order valence-electron chi connectivity index (χ4n) is 4.92. The minimum atomic E-state index is -0.214. The van der Waals surface area contributed by atoms with Gasteiger partial charge in [0.25, 0.3) is 0 Å². The molecule has 2 saturated heterocycles. The van der Waals surface area contributed by atoms with Crippen molar-refractivity contribution in [2.24, 2.45) is 5.92 Å². The number of anilines is 1. The van der Waals surface area contributed by atoms with E-state index in [4.69, 9.17) is 4.74 Å². The van der Waals surface area contributed by atoms with E-state index in [2.05, 4.69) is 0 Å². The molecular formula is C22H30N2O3S. The van der Waals surface area contributed by atoms with Crippen LogP contribution in [0.1, 0.15) is 51.4 Å². The summed E-state index contributed by atoms with van der Waals surface area (Å²) in [4.78, 5) is 29.1. The van der Waals surface area contributed by atoms with Crippen molar-refractivity contribution in [3.05, 3.63) is 24.3 Å². The second-order valence-electron chi connectivity index (χ2n) is 8.23. The van der Waals surface area contributed by atoms with Crippen molar-refractivity contribution < 1.29 is 14.3 Å². The summed E-state index contributed by atoms with van der Waals surface area (Å²) >= 11 is 1.74. The Morgan fingerprint density at radius 1 is 1.18 bits per heavy atom. The standard InChI is InChI=1S/C22H30N2O3S/c1-27-19-9-7-18(8-10-19)24-21(26)16-28-22(24)12-14-23(15-13-22)20(25)11-6-17-4-2-3-5-17/h7-10,17H,2-6,11-16H2,1H3. The van der Waals surface area contributed by atoms with Gasteiger partial charge in [-0.1, -0.05) is 25.7 Å². The van der Waals surface area contributed by atoms with Gasteiger partial charge in [0.15, 0.2) is 0 Å². The average molecular weight is 403 g/mol. The molecule has 0 bridgehead atoms. The SMILES string of the molecule is COc1ccc(N2C(=O)CSC23CCN(C(=O)CCC2CCCC2)CC3)cc1. The Balaban J connectivity index is 1.38. The summed E-state index contributed by atoms with van der Waals surface area (Å²) in [6.07, 6.45) is 8.67. The van der Waals surface area contributed by atoms with Crippen LogP contribution in [0.4, 0.5) is 5.69 Å². The summed E-state index contributed by atoms with van der Waals surface area (Å²) in [5.41, 5.74) is 0.928. The van der Waals surface area contributed by atoms with Crippen LogP contribution in [0.15, 0.2) is 24.3 Å². The molecule has 5 nitrogen and oxygen atoms in total. The molecule has 2 amide bonds. The van der Waals surface area contributed by atoms with E-state index in [1.165, 1.54) is 25.7 Å². The summed E-state index contributed by atoms with van der Waals surface area (Å²) in [6, 6.07) is 7.73. The largest absolute Gasteiger partial charge is 0.497 e. The molecule has 2 heterocycles. The van der Waals surface area contributed by atoms with E-state index in [0.29, 0.717) is 18.1 Å². The highest BCUT2D eigenvalue weighted by atomic mass is 32.2. The Labute approximate surface area is 171 Å². The first-order valence-electron chi connectivity index (χ1n) is 10.5. The zero-order valence-electron chi connectivity index (χ0n) is 16.7. The predicted molar refractivity (Wildman–Crippen MR) is 113 cm³/mol. The van der Waals surface area contributed by atoms with E-state index in [0.717, 1.165) is 49.7 Å². The van der Waals surface area contributed by atoms with Crippen molar-refractivity contribution in [1.29, 1.82) is 0 Å². The summed E-state index contributed by atoms with van der Waals surface area (Å²) < 4.78 is 5.24. The van der Waals surface area contributed by atoms with E-state index in [1.807, 2.05) is 34.1 Å². The second kappa shape index (κ2) is 8.36. The van der Waals surface area contributed by atoms with Crippen molar-refractivity contribution in [2.75, 3.05) is 30.9 Å². The number of carbonyl (C=O) groups excluding carboxylic acids is 2. The third-order valence-electron chi connectivity index (χ3n) is 6.59. The number of hydrogen-bond donors (Lipinski definition) is 0. The highest BCUT2D eigenvalue weighted by molar-refractivity contribution is 8.02. The monoisotopic (exact) mass is 402 g/mol. The van der Waals surface area contributed by atoms with Crippen LogP contribution in [-0.4, -0.2) is 47.5 Å². The number of ether oxygens (including phenoxy) is 1. The van der Waals surface area contributed by atoms with Crippen molar-refractivity contribution in [3.8, 4) is 5.75 Å². The van der Waals surface area contributed by atoms with Gasteiger partial charge in [-0.15, -0.1) is 11.8 Å². The predicted octanol–water partition coefficient (Wildman–Crippen LogP) is 4.06. The molecule has 3 aliphatic rings. The van der Waals surface area contributed by atoms with Crippen molar-refractivity contribution >= 4 is 29.3 Å². The Bertz CT molecular complexity index is 707. The van der Waals surface area contributed by atoms with E-state index in [9.17, 15) is 9.59 Å². The number of likely N-dealkylation sites (tertiary alicyclic amines) is 1. The smallest absolute Gasteiger partial charge is 0.238 e. The van der Waals surface area contributed by atoms with Gasteiger partial charge in [0.1, 0.15) is 5.75 Å². The van der Waals surface area contributed by atoms with Crippen LogP contribution < -0.4 is 9.64 Å². The quantitative estimate of drug-likeness (QED) is 0.745. The van der Waals surface area contributed by atoms with Crippen LogP contribution in [0.3, 0.4) is 0 Å². The number of thioether (sulfide) groups is 1. The number of carbonyl (C=O) groups is 2. The summed E-state index contributed by atoms with van der Waals surface area (Å²) in [7, 11) is 1.65. The van der Waals surface area contributed by atoms with Crippen LogP contribution in [0.2, 0.25) is 0 Å². The third kappa shape index (κ3) is 3.88. The Hall–Kier alpha value is -1.69. The lowest BCUT2D eigenvalue weighted by Crippen LogP contribution is -2.53. The number of nitrogens with zero attached hydrogens (tertiary/aromatic N) is 2. The molecule has 152 valence electrons. The Kier molecular flexibility index (Phi) is 5.85. The fraction of sp³-hybridized carbons (Fsp3) is 0.636. The summed E-state index contributed by atoms with van der Waals surface area (Å²) in [5, 5.41) is 0. The molecule has 1 aliphatic carbocycles. The van der Waals surface area contributed by atoms with Crippen molar-refractivity contribution in [3.63, 3.8) is 0 Å². The van der Waals surface area contributed by atoms with E-state index < -0.39 is 0 Å². The molecule has 1 aromatic rings. The molecule has 1 aromatic carbocycles. The first-order valence-corrected chi connectivity index (χ1v) is 11.5. The number of piperidine rings is 1. The number of rotatable bonds is 5. The molecule has 1 spiro atoms. The van der Waals surface area contributed by atoms with Crippen LogP contribution in [-0.2, 0) is 9.59 Å². The molecule has 0 unspecified atom stereocenters. The molecule has 4 rings (SSSR count). The summed E-state index contributed by atoms with van der Waals surface area (Å²) in [6.45, 7) is 1.49. The van der Waals surface area contributed by atoms with E-state index in [1.54, 1.807) is 18.9 Å². The van der Waals surface area contributed by atoms with Gasteiger partial charge in [-0.2, -0.15) is 0 Å². The van der Waals surface area contributed by atoms with E-state index >= 15 is 0 Å². The maximum atomic E-state index is 12.7. The van der Waals surface area contributed by atoms with Gasteiger partial charge >= 0.3 is 0 Å². The van der Waals surface area contributed by atoms with Crippen LogP contribution in [0.25, 0.3) is 0 Å². The van der Waals surface area contributed by atoms with Gasteiger partial charge in [0, 0.05) is 25.2 Å². The molecule has 28 heavy (non-hydrogen) atoms. The lowest BCUT2D eigenvalue weighted by Gasteiger charge is -2.44. The maximum absolute atomic E-state index is 12.7. The molecule has 0 N–H and O–H groups in total. The fourth-order valence-corrected chi connectivity index (χ4v) is 6.25. The first-order chi connectivity index (χ1) is 13.6. The molecule has 1 saturated carbocycles. The minimum Gasteiger partial charge on any atom is -0.497 e. The highest BCUT2D eigenvalue weighted by Crippen LogP contribution is 2.47. The normalized spacial score (nSPS) is 22.2. The molecule has 6 heteroatoms. The lowest BCUT2D eigenvalue weighted by atomic mass is 9.98. The first kappa shape index (κ1) is 19.6. The molecule has 0 aromatic heterocycles. The molecule has 3 fully saturated rings.